The monoisotopic (exact) mass is 279 g/mol. The molecule has 0 aliphatic carbocycles. The third-order valence-corrected chi connectivity index (χ3v) is 4.35. The quantitative estimate of drug-likeness (QED) is 0.867. The SMILES string of the molecule is CCn1ccnc1CN1CCCC(C(C)CC(=O)O)C1. The zero-order valence-electron chi connectivity index (χ0n) is 12.5. The van der Waals surface area contributed by atoms with Gasteiger partial charge in [-0.2, -0.15) is 0 Å². The van der Waals surface area contributed by atoms with Gasteiger partial charge in [0, 0.05) is 31.9 Å². The van der Waals surface area contributed by atoms with Crippen LogP contribution >= 0.6 is 0 Å². The number of carbonyl (C=O) groups is 1. The highest BCUT2D eigenvalue weighted by Crippen LogP contribution is 2.26. The molecule has 1 aliphatic heterocycles. The molecule has 0 amide bonds. The number of hydrogen-bond acceptors (Lipinski definition) is 3. The summed E-state index contributed by atoms with van der Waals surface area (Å²) in [6.07, 6.45) is 6.45. The normalized spacial score (nSPS) is 21.8. The number of hydrogen-bond donors (Lipinski definition) is 1. The molecule has 0 aromatic carbocycles. The molecule has 5 heteroatoms. The molecule has 1 aliphatic rings. The van der Waals surface area contributed by atoms with Gasteiger partial charge < -0.3 is 9.67 Å². The maximum absolute atomic E-state index is 10.8. The van der Waals surface area contributed by atoms with Crippen LogP contribution in [-0.4, -0.2) is 38.6 Å². The van der Waals surface area contributed by atoms with Crippen molar-refractivity contribution in [1.82, 2.24) is 14.5 Å². The highest BCUT2D eigenvalue weighted by Gasteiger charge is 2.26. The molecular formula is C15H25N3O2. The minimum absolute atomic E-state index is 0.251. The van der Waals surface area contributed by atoms with Crippen LogP contribution in [0.4, 0.5) is 0 Å². The van der Waals surface area contributed by atoms with E-state index in [0.717, 1.165) is 44.8 Å². The second-order valence-electron chi connectivity index (χ2n) is 5.84. The molecule has 1 aromatic heterocycles. The summed E-state index contributed by atoms with van der Waals surface area (Å²) in [5.74, 6) is 1.17. The molecule has 20 heavy (non-hydrogen) atoms. The van der Waals surface area contributed by atoms with Gasteiger partial charge >= 0.3 is 5.97 Å². The summed E-state index contributed by atoms with van der Waals surface area (Å²) in [6.45, 7) is 8.09. The second kappa shape index (κ2) is 6.88. The molecule has 2 atom stereocenters. The molecule has 2 rings (SSSR count). The number of nitrogens with zero attached hydrogens (tertiary/aromatic N) is 3. The lowest BCUT2D eigenvalue weighted by molar-refractivity contribution is -0.138. The van der Waals surface area contributed by atoms with Crippen molar-refractivity contribution in [2.45, 2.75) is 46.2 Å². The molecule has 2 unspecified atom stereocenters. The Kier molecular flexibility index (Phi) is 5.17. The number of aliphatic carboxylic acids is 1. The van der Waals surface area contributed by atoms with Gasteiger partial charge in [-0.3, -0.25) is 9.69 Å². The molecule has 5 nitrogen and oxygen atoms in total. The van der Waals surface area contributed by atoms with Crippen LogP contribution in [0, 0.1) is 11.8 Å². The van der Waals surface area contributed by atoms with Crippen LogP contribution in [0.5, 0.6) is 0 Å². The van der Waals surface area contributed by atoms with Gasteiger partial charge in [-0.15, -0.1) is 0 Å². The second-order valence-corrected chi connectivity index (χ2v) is 5.84. The largest absolute Gasteiger partial charge is 0.481 e. The molecule has 0 saturated carbocycles. The third kappa shape index (κ3) is 3.82. The van der Waals surface area contributed by atoms with E-state index in [0.29, 0.717) is 5.92 Å². The maximum atomic E-state index is 10.8. The first-order chi connectivity index (χ1) is 9.60. The lowest BCUT2D eigenvalue weighted by Gasteiger charge is -2.35. The van der Waals surface area contributed by atoms with Crippen molar-refractivity contribution in [3.63, 3.8) is 0 Å². The summed E-state index contributed by atoms with van der Waals surface area (Å²) in [6, 6.07) is 0. The van der Waals surface area contributed by atoms with Crippen molar-refractivity contribution in [3.05, 3.63) is 18.2 Å². The third-order valence-electron chi connectivity index (χ3n) is 4.35. The van der Waals surface area contributed by atoms with Crippen LogP contribution in [0.1, 0.15) is 38.9 Å². The van der Waals surface area contributed by atoms with Crippen LogP contribution in [0.2, 0.25) is 0 Å². The van der Waals surface area contributed by atoms with E-state index in [2.05, 4.69) is 28.3 Å². The number of carboxylic acids is 1. The first-order valence-electron chi connectivity index (χ1n) is 7.54. The molecule has 1 saturated heterocycles. The van der Waals surface area contributed by atoms with E-state index in [9.17, 15) is 4.79 Å². The van der Waals surface area contributed by atoms with Gasteiger partial charge in [-0.05, 0) is 38.1 Å². The molecule has 0 bridgehead atoms. The summed E-state index contributed by atoms with van der Waals surface area (Å²) in [4.78, 5) is 17.7. The average Bonchev–Trinajstić information content (AvgIpc) is 2.85. The lowest BCUT2D eigenvalue weighted by Crippen LogP contribution is -2.38. The Balaban J connectivity index is 1.91. The lowest BCUT2D eigenvalue weighted by atomic mass is 9.84. The van der Waals surface area contributed by atoms with Crippen LogP contribution in [-0.2, 0) is 17.9 Å². The van der Waals surface area contributed by atoms with Crippen LogP contribution in [0.3, 0.4) is 0 Å². The number of carboxylic acid groups (broad SMARTS) is 1. The Morgan fingerprint density at radius 3 is 3.10 bits per heavy atom. The first kappa shape index (κ1) is 15.0. The molecular weight excluding hydrogens is 254 g/mol. The number of aryl methyl sites for hydroxylation is 1. The predicted molar refractivity (Wildman–Crippen MR) is 77.3 cm³/mol. The van der Waals surface area contributed by atoms with Crippen LogP contribution in [0.25, 0.3) is 0 Å². The average molecular weight is 279 g/mol. The van der Waals surface area contributed by atoms with E-state index in [1.807, 2.05) is 12.4 Å². The van der Waals surface area contributed by atoms with Gasteiger partial charge in [-0.25, -0.2) is 4.98 Å². The van der Waals surface area contributed by atoms with Gasteiger partial charge in [0.2, 0.25) is 0 Å². The van der Waals surface area contributed by atoms with Crippen molar-refractivity contribution in [2.24, 2.45) is 11.8 Å². The molecule has 1 fully saturated rings. The van der Waals surface area contributed by atoms with E-state index < -0.39 is 5.97 Å². The fourth-order valence-corrected chi connectivity index (χ4v) is 3.12. The Morgan fingerprint density at radius 1 is 1.60 bits per heavy atom. The zero-order chi connectivity index (χ0) is 14.5. The number of aromatic nitrogens is 2. The number of likely N-dealkylation sites (tertiary alicyclic amines) is 1. The Morgan fingerprint density at radius 2 is 2.40 bits per heavy atom. The maximum Gasteiger partial charge on any atom is 0.303 e. The Bertz CT molecular complexity index is 444. The number of piperidine rings is 1. The van der Waals surface area contributed by atoms with Crippen molar-refractivity contribution in [1.29, 1.82) is 0 Å². The summed E-state index contributed by atoms with van der Waals surface area (Å²) < 4.78 is 2.17. The van der Waals surface area contributed by atoms with Gasteiger partial charge in [-0.1, -0.05) is 6.92 Å². The molecule has 1 N–H and O–H groups in total. The van der Waals surface area contributed by atoms with Crippen molar-refractivity contribution < 1.29 is 9.90 Å². The summed E-state index contributed by atoms with van der Waals surface area (Å²) in [5, 5.41) is 8.93. The van der Waals surface area contributed by atoms with Crippen molar-refractivity contribution in [3.8, 4) is 0 Å². The van der Waals surface area contributed by atoms with Crippen molar-refractivity contribution >= 4 is 5.97 Å². The fraction of sp³-hybridized carbons (Fsp3) is 0.733. The van der Waals surface area contributed by atoms with Crippen LogP contribution in [0.15, 0.2) is 12.4 Å². The number of imidazole rings is 1. The van der Waals surface area contributed by atoms with Crippen molar-refractivity contribution in [2.75, 3.05) is 13.1 Å². The highest BCUT2D eigenvalue weighted by atomic mass is 16.4. The van der Waals surface area contributed by atoms with E-state index in [-0.39, 0.29) is 12.3 Å². The summed E-state index contributed by atoms with van der Waals surface area (Å²) >= 11 is 0. The molecule has 0 spiro atoms. The van der Waals surface area contributed by atoms with E-state index in [4.69, 9.17) is 5.11 Å². The summed E-state index contributed by atoms with van der Waals surface area (Å²) in [7, 11) is 0. The van der Waals surface area contributed by atoms with Gasteiger partial charge in [0.15, 0.2) is 0 Å². The Hall–Kier alpha value is -1.36. The molecule has 0 radical (unpaired) electrons. The van der Waals surface area contributed by atoms with Gasteiger partial charge in [0.05, 0.1) is 6.54 Å². The zero-order valence-corrected chi connectivity index (χ0v) is 12.5. The smallest absolute Gasteiger partial charge is 0.303 e. The highest BCUT2D eigenvalue weighted by molar-refractivity contribution is 5.67. The fourth-order valence-electron chi connectivity index (χ4n) is 3.12. The minimum atomic E-state index is -0.684. The molecule has 1 aromatic rings. The molecule has 2 heterocycles. The van der Waals surface area contributed by atoms with Gasteiger partial charge in [0.1, 0.15) is 5.82 Å². The minimum Gasteiger partial charge on any atom is -0.481 e. The summed E-state index contributed by atoms with van der Waals surface area (Å²) in [5.41, 5.74) is 0. The van der Waals surface area contributed by atoms with E-state index in [1.54, 1.807) is 0 Å². The van der Waals surface area contributed by atoms with Gasteiger partial charge in [0.25, 0.3) is 0 Å². The topological polar surface area (TPSA) is 58.4 Å². The molecule has 112 valence electrons. The predicted octanol–water partition coefficient (Wildman–Crippen LogP) is 2.23. The Labute approximate surface area is 120 Å². The first-order valence-corrected chi connectivity index (χ1v) is 7.54. The van der Waals surface area contributed by atoms with E-state index >= 15 is 0 Å². The van der Waals surface area contributed by atoms with Crippen LogP contribution < -0.4 is 0 Å². The number of rotatable bonds is 6. The van der Waals surface area contributed by atoms with E-state index in [1.165, 1.54) is 0 Å². The standard InChI is InChI=1S/C15H25N3O2/c1-3-18-8-6-16-14(18)11-17-7-4-5-13(10-17)12(2)9-15(19)20/h6,8,12-13H,3-5,7,9-11H2,1-2H3,(H,19,20).